The summed E-state index contributed by atoms with van der Waals surface area (Å²) < 4.78 is 0. The molecule has 0 aliphatic heterocycles. The van der Waals surface area contributed by atoms with Crippen molar-refractivity contribution in [2.75, 3.05) is 0 Å². The van der Waals surface area contributed by atoms with Crippen molar-refractivity contribution in [2.45, 2.75) is 13.8 Å². The van der Waals surface area contributed by atoms with Gasteiger partial charge >= 0.3 is 0 Å². The van der Waals surface area contributed by atoms with Crippen LogP contribution < -0.4 is 5.73 Å². The number of rotatable bonds is 2. The van der Waals surface area contributed by atoms with Crippen LogP contribution in [0, 0.1) is 5.92 Å². The highest BCUT2D eigenvalue weighted by Crippen LogP contribution is 2.32. The number of aliphatic imine (C=N–C) groups is 1. The molecule has 1 aromatic carbocycles. The fourth-order valence-corrected chi connectivity index (χ4v) is 1.34. The van der Waals surface area contributed by atoms with E-state index in [0.717, 1.165) is 0 Å². The first kappa shape index (κ1) is 11.3. The van der Waals surface area contributed by atoms with E-state index in [9.17, 15) is 0 Å². The summed E-state index contributed by atoms with van der Waals surface area (Å²) in [5, 5.41) is 1.03. The average Bonchev–Trinajstić information content (AvgIpc) is 2.11. The molecule has 1 rings (SSSR count). The van der Waals surface area contributed by atoms with Gasteiger partial charge in [-0.3, -0.25) is 0 Å². The van der Waals surface area contributed by atoms with E-state index < -0.39 is 0 Å². The largest absolute Gasteiger partial charge is 0.387 e. The standard InChI is InChI=1S/C10H12Cl2N2/c1-6(2)10(13)14-9-7(11)4-3-5-8(9)12/h3-6H,1-2H3,(H2,13,14). The van der Waals surface area contributed by atoms with Crippen LogP contribution in [0.2, 0.25) is 10.0 Å². The zero-order valence-corrected chi connectivity index (χ0v) is 9.60. The second-order valence-corrected chi connectivity index (χ2v) is 4.08. The fraction of sp³-hybridized carbons (Fsp3) is 0.300. The Bertz CT molecular complexity index is 339. The van der Waals surface area contributed by atoms with E-state index in [2.05, 4.69) is 4.99 Å². The first-order chi connectivity index (χ1) is 6.52. The van der Waals surface area contributed by atoms with Crippen molar-refractivity contribution in [1.82, 2.24) is 0 Å². The van der Waals surface area contributed by atoms with Gasteiger partial charge in [-0.1, -0.05) is 43.1 Å². The van der Waals surface area contributed by atoms with Gasteiger partial charge in [0.2, 0.25) is 0 Å². The van der Waals surface area contributed by atoms with Gasteiger partial charge in [0.1, 0.15) is 11.5 Å². The number of nitrogens with two attached hydrogens (primary N) is 1. The van der Waals surface area contributed by atoms with Crippen LogP contribution in [0.25, 0.3) is 0 Å². The van der Waals surface area contributed by atoms with E-state index in [-0.39, 0.29) is 5.92 Å². The summed E-state index contributed by atoms with van der Waals surface area (Å²) in [5.74, 6) is 0.710. The van der Waals surface area contributed by atoms with Crippen LogP contribution in [0.5, 0.6) is 0 Å². The number of amidine groups is 1. The maximum absolute atomic E-state index is 5.93. The monoisotopic (exact) mass is 230 g/mol. The zero-order valence-electron chi connectivity index (χ0n) is 8.09. The minimum absolute atomic E-state index is 0.183. The minimum atomic E-state index is 0.183. The van der Waals surface area contributed by atoms with Gasteiger partial charge in [-0.2, -0.15) is 0 Å². The minimum Gasteiger partial charge on any atom is -0.387 e. The van der Waals surface area contributed by atoms with Gasteiger partial charge in [0.15, 0.2) is 0 Å². The molecular weight excluding hydrogens is 219 g/mol. The highest BCUT2D eigenvalue weighted by Gasteiger charge is 2.06. The second-order valence-electron chi connectivity index (χ2n) is 3.26. The number of hydrogen-bond donors (Lipinski definition) is 1. The zero-order chi connectivity index (χ0) is 10.7. The van der Waals surface area contributed by atoms with Crippen LogP contribution in [0.4, 0.5) is 5.69 Å². The maximum atomic E-state index is 5.93. The summed E-state index contributed by atoms with van der Waals surface area (Å²) in [5.41, 5.74) is 6.26. The summed E-state index contributed by atoms with van der Waals surface area (Å²) in [6, 6.07) is 5.25. The molecule has 0 aliphatic rings. The lowest BCUT2D eigenvalue weighted by molar-refractivity contribution is 0.873. The molecule has 0 heterocycles. The number of benzene rings is 1. The highest BCUT2D eigenvalue weighted by atomic mass is 35.5. The van der Waals surface area contributed by atoms with Crippen LogP contribution in [0.1, 0.15) is 13.8 Å². The summed E-state index contributed by atoms with van der Waals surface area (Å²) in [7, 11) is 0. The molecule has 0 unspecified atom stereocenters. The highest BCUT2D eigenvalue weighted by molar-refractivity contribution is 6.38. The molecule has 0 aliphatic carbocycles. The van der Waals surface area contributed by atoms with Crippen molar-refractivity contribution in [3.05, 3.63) is 28.2 Å². The molecule has 14 heavy (non-hydrogen) atoms. The van der Waals surface area contributed by atoms with E-state index in [1.165, 1.54) is 0 Å². The van der Waals surface area contributed by atoms with Crippen LogP contribution in [0.15, 0.2) is 23.2 Å². The Balaban J connectivity index is 3.14. The van der Waals surface area contributed by atoms with Crippen molar-refractivity contribution in [1.29, 1.82) is 0 Å². The molecule has 0 aromatic heterocycles. The third-order valence-corrected chi connectivity index (χ3v) is 2.38. The Morgan fingerprint density at radius 2 is 1.79 bits per heavy atom. The maximum Gasteiger partial charge on any atom is 0.102 e. The molecular formula is C10H12Cl2N2. The number of para-hydroxylation sites is 1. The Hall–Kier alpha value is -0.730. The van der Waals surface area contributed by atoms with Crippen molar-refractivity contribution < 1.29 is 0 Å². The molecule has 0 saturated heterocycles. The van der Waals surface area contributed by atoms with Crippen LogP contribution in [-0.2, 0) is 0 Å². The fourth-order valence-electron chi connectivity index (χ4n) is 0.854. The molecule has 0 spiro atoms. The predicted molar refractivity (Wildman–Crippen MR) is 62.6 cm³/mol. The van der Waals surface area contributed by atoms with Gasteiger partial charge in [-0.15, -0.1) is 0 Å². The molecule has 2 nitrogen and oxygen atoms in total. The van der Waals surface area contributed by atoms with Crippen LogP contribution in [-0.4, -0.2) is 5.84 Å². The lowest BCUT2D eigenvalue weighted by Crippen LogP contribution is -2.18. The van der Waals surface area contributed by atoms with Gasteiger partial charge in [-0.25, -0.2) is 4.99 Å². The van der Waals surface area contributed by atoms with Crippen molar-refractivity contribution >= 4 is 34.7 Å². The van der Waals surface area contributed by atoms with E-state index in [0.29, 0.717) is 21.6 Å². The average molecular weight is 231 g/mol. The van der Waals surface area contributed by atoms with Crippen molar-refractivity contribution in [2.24, 2.45) is 16.6 Å². The lowest BCUT2D eigenvalue weighted by atomic mass is 10.2. The molecule has 1 aromatic rings. The molecule has 0 atom stereocenters. The van der Waals surface area contributed by atoms with Gasteiger partial charge in [-0.05, 0) is 12.1 Å². The third kappa shape index (κ3) is 2.63. The summed E-state index contributed by atoms with van der Waals surface area (Å²) in [6.45, 7) is 3.92. The quantitative estimate of drug-likeness (QED) is 0.612. The first-order valence-corrected chi connectivity index (χ1v) is 5.06. The molecule has 0 radical (unpaired) electrons. The predicted octanol–water partition coefficient (Wildman–Crippen LogP) is 3.64. The Labute approximate surface area is 93.7 Å². The molecule has 0 saturated carbocycles. The molecule has 76 valence electrons. The van der Waals surface area contributed by atoms with Gasteiger partial charge in [0.05, 0.1) is 10.0 Å². The Kier molecular flexibility index (Phi) is 3.78. The van der Waals surface area contributed by atoms with Crippen molar-refractivity contribution in [3.63, 3.8) is 0 Å². The van der Waals surface area contributed by atoms with E-state index in [1.807, 2.05) is 13.8 Å². The summed E-state index contributed by atoms with van der Waals surface area (Å²) in [4.78, 5) is 4.19. The molecule has 0 fully saturated rings. The topological polar surface area (TPSA) is 38.4 Å². The summed E-state index contributed by atoms with van der Waals surface area (Å²) in [6.07, 6.45) is 0. The van der Waals surface area contributed by atoms with E-state index in [1.54, 1.807) is 18.2 Å². The van der Waals surface area contributed by atoms with E-state index in [4.69, 9.17) is 28.9 Å². The first-order valence-electron chi connectivity index (χ1n) is 4.30. The molecule has 0 amide bonds. The van der Waals surface area contributed by atoms with Crippen LogP contribution >= 0.6 is 23.2 Å². The third-order valence-electron chi connectivity index (χ3n) is 1.77. The number of halogens is 2. The Morgan fingerprint density at radius 1 is 1.29 bits per heavy atom. The SMILES string of the molecule is CC(C)C(N)=Nc1c(Cl)cccc1Cl. The smallest absolute Gasteiger partial charge is 0.102 e. The van der Waals surface area contributed by atoms with Gasteiger partial charge in [0, 0.05) is 5.92 Å². The second kappa shape index (κ2) is 4.67. The summed E-state index contributed by atoms with van der Waals surface area (Å²) >= 11 is 11.9. The van der Waals surface area contributed by atoms with Gasteiger partial charge in [0.25, 0.3) is 0 Å². The van der Waals surface area contributed by atoms with Crippen LogP contribution in [0.3, 0.4) is 0 Å². The Morgan fingerprint density at radius 3 is 2.21 bits per heavy atom. The van der Waals surface area contributed by atoms with Crippen molar-refractivity contribution in [3.8, 4) is 0 Å². The number of nitrogens with zero attached hydrogens (tertiary/aromatic N) is 1. The molecule has 2 N–H and O–H groups in total. The molecule has 0 bridgehead atoms. The van der Waals surface area contributed by atoms with E-state index >= 15 is 0 Å². The molecule has 4 heteroatoms. The van der Waals surface area contributed by atoms with Gasteiger partial charge < -0.3 is 5.73 Å². The normalized spacial score (nSPS) is 12.2. The lowest BCUT2D eigenvalue weighted by Gasteiger charge is -2.06. The number of hydrogen-bond acceptors (Lipinski definition) is 1.